The van der Waals surface area contributed by atoms with Crippen LogP contribution in [0.4, 0.5) is 0 Å². The fraction of sp³-hybridized carbons (Fsp3) is 0.500. The van der Waals surface area contributed by atoms with Gasteiger partial charge in [0.15, 0.2) is 0 Å². The molecule has 0 fully saturated rings. The molecule has 13 heavy (non-hydrogen) atoms. The summed E-state index contributed by atoms with van der Waals surface area (Å²) in [6.45, 7) is 3.77. The molecule has 0 aromatic rings. The number of carboxylic acid groups (broad SMARTS) is 2. The fourth-order valence-electron chi connectivity index (χ4n) is 0.806. The molecule has 0 unspecified atom stereocenters. The minimum atomic E-state index is -1.04. The van der Waals surface area contributed by atoms with Gasteiger partial charge in [0.05, 0.1) is 0 Å². The number of hydrogen-bond acceptors (Lipinski definition) is 3. The van der Waals surface area contributed by atoms with Crippen molar-refractivity contribution in [2.45, 2.75) is 18.9 Å². The number of nitrogens with one attached hydrogen (secondary N) is 1. The number of hydrogen-bond donors (Lipinski definition) is 3. The van der Waals surface area contributed by atoms with Crippen molar-refractivity contribution in [1.82, 2.24) is 5.32 Å². The summed E-state index contributed by atoms with van der Waals surface area (Å²) in [5.41, 5.74) is 0. The van der Waals surface area contributed by atoms with Crippen LogP contribution in [0.1, 0.15) is 12.8 Å². The summed E-state index contributed by atoms with van der Waals surface area (Å²) >= 11 is 0. The minimum Gasteiger partial charge on any atom is -0.481 e. The largest absolute Gasteiger partial charge is 0.481 e. The minimum absolute atomic E-state index is 0.0819. The Kier molecular flexibility index (Phi) is 5.54. The second-order valence-corrected chi connectivity index (χ2v) is 2.52. The van der Waals surface area contributed by atoms with Gasteiger partial charge < -0.3 is 15.5 Å². The monoisotopic (exact) mass is 187 g/mol. The predicted molar refractivity (Wildman–Crippen MR) is 46.5 cm³/mol. The first-order chi connectivity index (χ1) is 6.07. The summed E-state index contributed by atoms with van der Waals surface area (Å²) in [6, 6.07) is -0.811. The Morgan fingerprint density at radius 3 is 2.46 bits per heavy atom. The number of rotatable bonds is 7. The van der Waals surface area contributed by atoms with Gasteiger partial charge in [0, 0.05) is 13.0 Å². The van der Waals surface area contributed by atoms with E-state index in [4.69, 9.17) is 10.2 Å². The SMILES string of the molecule is C=CCN[C@H](CCC(=O)O)C(=O)O. The second-order valence-electron chi connectivity index (χ2n) is 2.52. The van der Waals surface area contributed by atoms with Crippen molar-refractivity contribution >= 4 is 11.9 Å². The zero-order valence-corrected chi connectivity index (χ0v) is 7.19. The highest BCUT2D eigenvalue weighted by Crippen LogP contribution is 1.97. The number of aliphatic carboxylic acids is 2. The maximum Gasteiger partial charge on any atom is 0.320 e. The van der Waals surface area contributed by atoms with Crippen LogP contribution in [0.5, 0.6) is 0 Å². The van der Waals surface area contributed by atoms with Crippen molar-refractivity contribution in [2.24, 2.45) is 0 Å². The summed E-state index contributed by atoms with van der Waals surface area (Å²) in [7, 11) is 0. The van der Waals surface area contributed by atoms with E-state index < -0.39 is 18.0 Å². The van der Waals surface area contributed by atoms with Gasteiger partial charge in [-0.25, -0.2) is 0 Å². The second kappa shape index (κ2) is 6.19. The first kappa shape index (κ1) is 11.6. The average molecular weight is 187 g/mol. The van der Waals surface area contributed by atoms with Gasteiger partial charge in [0.25, 0.3) is 0 Å². The first-order valence-corrected chi connectivity index (χ1v) is 3.86. The Labute approximate surface area is 76.1 Å². The highest BCUT2D eigenvalue weighted by Gasteiger charge is 2.16. The van der Waals surface area contributed by atoms with Crippen LogP contribution < -0.4 is 5.32 Å². The van der Waals surface area contributed by atoms with E-state index >= 15 is 0 Å². The molecule has 0 spiro atoms. The van der Waals surface area contributed by atoms with Crippen LogP contribution in [0.15, 0.2) is 12.7 Å². The summed E-state index contributed by atoms with van der Waals surface area (Å²) < 4.78 is 0. The van der Waals surface area contributed by atoms with Crippen molar-refractivity contribution in [1.29, 1.82) is 0 Å². The van der Waals surface area contributed by atoms with Crippen LogP contribution in [0.2, 0.25) is 0 Å². The molecule has 0 bridgehead atoms. The van der Waals surface area contributed by atoms with Crippen molar-refractivity contribution in [3.8, 4) is 0 Å². The maximum atomic E-state index is 10.5. The van der Waals surface area contributed by atoms with E-state index in [9.17, 15) is 9.59 Å². The van der Waals surface area contributed by atoms with Crippen LogP contribution in [0.25, 0.3) is 0 Å². The molecule has 0 aromatic heterocycles. The molecule has 74 valence electrons. The lowest BCUT2D eigenvalue weighted by atomic mass is 10.1. The Morgan fingerprint density at radius 1 is 1.46 bits per heavy atom. The third-order valence-corrected chi connectivity index (χ3v) is 1.45. The molecule has 0 radical (unpaired) electrons. The van der Waals surface area contributed by atoms with Crippen molar-refractivity contribution < 1.29 is 19.8 Å². The van der Waals surface area contributed by atoms with Gasteiger partial charge >= 0.3 is 11.9 Å². The van der Waals surface area contributed by atoms with Crippen LogP contribution >= 0.6 is 0 Å². The highest BCUT2D eigenvalue weighted by molar-refractivity contribution is 5.75. The third kappa shape index (κ3) is 5.86. The van der Waals surface area contributed by atoms with Crippen molar-refractivity contribution in [3.63, 3.8) is 0 Å². The number of carboxylic acids is 2. The summed E-state index contributed by atoms with van der Waals surface area (Å²) in [5.74, 6) is -2.03. The Morgan fingerprint density at radius 2 is 2.08 bits per heavy atom. The molecule has 0 aliphatic heterocycles. The molecule has 0 aliphatic rings. The van der Waals surface area contributed by atoms with Crippen molar-refractivity contribution in [3.05, 3.63) is 12.7 Å². The summed E-state index contributed by atoms with van der Waals surface area (Å²) in [6.07, 6.45) is 1.45. The highest BCUT2D eigenvalue weighted by atomic mass is 16.4. The van der Waals surface area contributed by atoms with Gasteiger partial charge in [-0.05, 0) is 6.42 Å². The summed E-state index contributed by atoms with van der Waals surface area (Å²) in [5, 5.41) is 19.6. The molecule has 5 heteroatoms. The summed E-state index contributed by atoms with van der Waals surface area (Å²) in [4.78, 5) is 20.7. The molecule has 0 saturated carbocycles. The van der Waals surface area contributed by atoms with E-state index in [1.165, 1.54) is 6.08 Å². The molecule has 3 N–H and O–H groups in total. The molecule has 5 nitrogen and oxygen atoms in total. The molecule has 0 heterocycles. The van der Waals surface area contributed by atoms with Gasteiger partial charge in [-0.3, -0.25) is 9.59 Å². The molecule has 0 saturated heterocycles. The lowest BCUT2D eigenvalue weighted by Gasteiger charge is -2.10. The quantitative estimate of drug-likeness (QED) is 0.491. The topological polar surface area (TPSA) is 86.6 Å². The molecule has 0 amide bonds. The van der Waals surface area contributed by atoms with Crippen molar-refractivity contribution in [2.75, 3.05) is 6.54 Å². The average Bonchev–Trinajstić information content (AvgIpc) is 2.03. The zero-order chi connectivity index (χ0) is 10.3. The van der Waals surface area contributed by atoms with Gasteiger partial charge in [0.2, 0.25) is 0 Å². The molecule has 0 aliphatic carbocycles. The molecular formula is C8H13NO4. The van der Waals surface area contributed by atoms with E-state index in [0.717, 1.165) is 0 Å². The Balaban J connectivity index is 3.87. The number of carbonyl (C=O) groups is 2. The normalized spacial score (nSPS) is 12.0. The lowest BCUT2D eigenvalue weighted by Crippen LogP contribution is -2.37. The van der Waals surface area contributed by atoms with Crippen LogP contribution in [0.3, 0.4) is 0 Å². The lowest BCUT2D eigenvalue weighted by molar-refractivity contribution is -0.140. The van der Waals surface area contributed by atoms with Gasteiger partial charge in [-0.15, -0.1) is 6.58 Å². The van der Waals surface area contributed by atoms with E-state index in [1.807, 2.05) is 0 Å². The Hall–Kier alpha value is -1.36. The van der Waals surface area contributed by atoms with Gasteiger partial charge in [-0.2, -0.15) is 0 Å². The van der Waals surface area contributed by atoms with Crippen LogP contribution in [-0.2, 0) is 9.59 Å². The smallest absolute Gasteiger partial charge is 0.320 e. The molecule has 0 aromatic carbocycles. The standard InChI is InChI=1S/C8H13NO4/c1-2-5-9-6(8(12)13)3-4-7(10)11/h2,6,9H,1,3-5H2,(H,10,11)(H,12,13)/t6-/m1/s1. The van der Waals surface area contributed by atoms with E-state index in [-0.39, 0.29) is 12.8 Å². The van der Waals surface area contributed by atoms with E-state index in [1.54, 1.807) is 0 Å². The predicted octanol–water partition coefficient (Wildman–Crippen LogP) is 0.0800. The van der Waals surface area contributed by atoms with E-state index in [0.29, 0.717) is 6.54 Å². The van der Waals surface area contributed by atoms with Gasteiger partial charge in [-0.1, -0.05) is 6.08 Å². The third-order valence-electron chi connectivity index (χ3n) is 1.45. The van der Waals surface area contributed by atoms with Crippen LogP contribution in [0, 0.1) is 0 Å². The zero-order valence-electron chi connectivity index (χ0n) is 7.19. The maximum absolute atomic E-state index is 10.5. The molecular weight excluding hydrogens is 174 g/mol. The first-order valence-electron chi connectivity index (χ1n) is 3.86. The Bertz CT molecular complexity index is 202. The van der Waals surface area contributed by atoms with Gasteiger partial charge in [0.1, 0.15) is 6.04 Å². The van der Waals surface area contributed by atoms with Crippen LogP contribution in [-0.4, -0.2) is 34.7 Å². The van der Waals surface area contributed by atoms with E-state index in [2.05, 4.69) is 11.9 Å². The fourth-order valence-corrected chi connectivity index (χ4v) is 0.806. The molecule has 0 rings (SSSR count). The molecule has 1 atom stereocenters.